The van der Waals surface area contributed by atoms with E-state index in [9.17, 15) is 14.4 Å². The minimum absolute atomic E-state index is 0.0277. The smallest absolute Gasteiger partial charge is 0.338 e. The minimum Gasteiger partial charge on any atom is -0.466 e. The first-order valence-electron chi connectivity index (χ1n) is 6.41. The highest BCUT2D eigenvalue weighted by Gasteiger charge is 2.52. The Bertz CT molecular complexity index is 836. The van der Waals surface area contributed by atoms with Crippen LogP contribution in [-0.4, -0.2) is 13.1 Å². The number of esters is 1. The SMILES string of the molecule is COC(=O)C1=C(N)c2c(F)cccc2C1(C#N)c1cccs1. The Balaban J connectivity index is 2.45. The quantitative estimate of drug-likeness (QED) is 0.864. The number of halogens is 1. The second-order valence-electron chi connectivity index (χ2n) is 4.78. The van der Waals surface area contributed by atoms with Crippen LogP contribution >= 0.6 is 11.3 Å². The molecule has 2 N–H and O–H groups in total. The van der Waals surface area contributed by atoms with Gasteiger partial charge in [0.15, 0.2) is 5.41 Å². The van der Waals surface area contributed by atoms with Gasteiger partial charge < -0.3 is 10.5 Å². The number of carbonyl (C=O) groups excluding carboxylic acids is 1. The van der Waals surface area contributed by atoms with Crippen molar-refractivity contribution >= 4 is 23.0 Å². The number of methoxy groups -OCH3 is 1. The van der Waals surface area contributed by atoms with E-state index in [4.69, 9.17) is 10.5 Å². The molecule has 0 saturated carbocycles. The van der Waals surface area contributed by atoms with E-state index in [1.165, 1.54) is 30.6 Å². The Hall–Kier alpha value is -2.65. The van der Waals surface area contributed by atoms with Crippen LogP contribution in [0.1, 0.15) is 16.0 Å². The molecule has 4 nitrogen and oxygen atoms in total. The zero-order valence-electron chi connectivity index (χ0n) is 11.6. The lowest BCUT2D eigenvalue weighted by Crippen LogP contribution is -2.30. The number of benzene rings is 1. The minimum atomic E-state index is -1.44. The van der Waals surface area contributed by atoms with Crippen molar-refractivity contribution in [3.05, 3.63) is 63.1 Å². The molecule has 1 unspecified atom stereocenters. The molecule has 0 aliphatic heterocycles. The maximum atomic E-state index is 14.2. The number of nitrogens with two attached hydrogens (primary N) is 1. The van der Waals surface area contributed by atoms with Gasteiger partial charge in [-0.2, -0.15) is 5.26 Å². The summed E-state index contributed by atoms with van der Waals surface area (Å²) in [7, 11) is 1.21. The number of thiophene rings is 1. The van der Waals surface area contributed by atoms with Gasteiger partial charge in [-0.05, 0) is 23.1 Å². The first kappa shape index (κ1) is 14.3. The molecule has 1 aromatic carbocycles. The van der Waals surface area contributed by atoms with Gasteiger partial charge in [0, 0.05) is 10.4 Å². The van der Waals surface area contributed by atoms with Crippen molar-refractivity contribution in [2.45, 2.75) is 5.41 Å². The molecule has 0 saturated heterocycles. The predicted molar refractivity (Wildman–Crippen MR) is 80.2 cm³/mol. The van der Waals surface area contributed by atoms with E-state index in [0.717, 1.165) is 0 Å². The molecule has 0 radical (unpaired) electrons. The summed E-state index contributed by atoms with van der Waals surface area (Å²) < 4.78 is 19.0. The lowest BCUT2D eigenvalue weighted by atomic mass is 9.77. The fraction of sp³-hybridized carbons (Fsp3) is 0.125. The number of hydrogen-bond acceptors (Lipinski definition) is 5. The van der Waals surface area contributed by atoms with Crippen molar-refractivity contribution < 1.29 is 13.9 Å². The molecule has 2 aromatic rings. The van der Waals surface area contributed by atoms with Crippen LogP contribution in [0.25, 0.3) is 5.70 Å². The van der Waals surface area contributed by atoms with Crippen molar-refractivity contribution in [3.8, 4) is 6.07 Å². The van der Waals surface area contributed by atoms with E-state index >= 15 is 0 Å². The third-order valence-electron chi connectivity index (χ3n) is 3.78. The Morgan fingerprint density at radius 2 is 2.18 bits per heavy atom. The third kappa shape index (κ3) is 1.63. The number of ether oxygens (including phenoxy) is 1. The van der Waals surface area contributed by atoms with Crippen LogP contribution in [0.2, 0.25) is 0 Å². The molecule has 1 aliphatic rings. The maximum absolute atomic E-state index is 14.2. The Labute approximate surface area is 130 Å². The first-order chi connectivity index (χ1) is 10.6. The summed E-state index contributed by atoms with van der Waals surface area (Å²) >= 11 is 1.30. The van der Waals surface area contributed by atoms with Crippen LogP contribution < -0.4 is 5.73 Å². The largest absolute Gasteiger partial charge is 0.466 e. The number of nitriles is 1. The molecule has 0 spiro atoms. The monoisotopic (exact) mass is 314 g/mol. The zero-order chi connectivity index (χ0) is 15.9. The van der Waals surface area contributed by atoms with Gasteiger partial charge in [-0.15, -0.1) is 11.3 Å². The van der Waals surface area contributed by atoms with E-state index in [0.29, 0.717) is 10.4 Å². The molecule has 6 heteroatoms. The van der Waals surface area contributed by atoms with Crippen LogP contribution in [0.3, 0.4) is 0 Å². The molecular weight excluding hydrogens is 303 g/mol. The van der Waals surface area contributed by atoms with Crippen molar-refractivity contribution in [3.63, 3.8) is 0 Å². The fourth-order valence-corrected chi connectivity index (χ4v) is 3.75. The van der Waals surface area contributed by atoms with E-state index in [-0.39, 0.29) is 16.8 Å². The van der Waals surface area contributed by atoms with Crippen LogP contribution in [0.4, 0.5) is 4.39 Å². The van der Waals surface area contributed by atoms with E-state index in [1.54, 1.807) is 23.6 Å². The molecule has 0 amide bonds. The standard InChI is InChI=1S/C16H11FN2O2S/c1-21-15(20)13-14(19)12-9(4-2-5-10(12)17)16(13,8-18)11-6-3-7-22-11/h2-7H,19H2,1H3. The van der Waals surface area contributed by atoms with Gasteiger partial charge in [-0.25, -0.2) is 9.18 Å². The van der Waals surface area contributed by atoms with Gasteiger partial charge in [0.2, 0.25) is 0 Å². The van der Waals surface area contributed by atoms with Gasteiger partial charge in [0.05, 0.1) is 24.4 Å². The molecule has 1 aromatic heterocycles. The van der Waals surface area contributed by atoms with Crippen molar-refractivity contribution in [1.29, 1.82) is 5.26 Å². The molecule has 22 heavy (non-hydrogen) atoms. The third-order valence-corrected chi connectivity index (χ3v) is 4.77. The molecular formula is C16H11FN2O2S. The molecule has 0 fully saturated rings. The van der Waals surface area contributed by atoms with Crippen molar-refractivity contribution in [1.82, 2.24) is 0 Å². The maximum Gasteiger partial charge on any atom is 0.338 e. The van der Waals surface area contributed by atoms with Gasteiger partial charge in [0.1, 0.15) is 5.82 Å². The number of carbonyl (C=O) groups is 1. The van der Waals surface area contributed by atoms with E-state index in [2.05, 4.69) is 6.07 Å². The number of fused-ring (bicyclic) bond motifs is 1. The topological polar surface area (TPSA) is 76.1 Å². The van der Waals surface area contributed by atoms with Crippen molar-refractivity contribution in [2.75, 3.05) is 7.11 Å². The molecule has 1 heterocycles. The second kappa shape index (κ2) is 4.97. The van der Waals surface area contributed by atoms with Crippen LogP contribution in [0.15, 0.2) is 41.3 Å². The number of rotatable bonds is 2. The number of hydrogen-bond donors (Lipinski definition) is 1. The highest BCUT2D eigenvalue weighted by atomic mass is 32.1. The molecule has 1 aliphatic carbocycles. The van der Waals surface area contributed by atoms with E-state index in [1.807, 2.05) is 0 Å². The lowest BCUT2D eigenvalue weighted by Gasteiger charge is -2.23. The molecule has 3 rings (SSSR count). The van der Waals surface area contributed by atoms with Gasteiger partial charge in [-0.1, -0.05) is 18.2 Å². The molecule has 1 atom stereocenters. The first-order valence-corrected chi connectivity index (χ1v) is 7.29. The summed E-state index contributed by atoms with van der Waals surface area (Å²) in [6.45, 7) is 0. The Kier molecular flexibility index (Phi) is 3.23. The average Bonchev–Trinajstić information content (AvgIpc) is 3.13. The normalized spacial score (nSPS) is 19.7. The van der Waals surface area contributed by atoms with Crippen molar-refractivity contribution in [2.24, 2.45) is 5.73 Å². The predicted octanol–water partition coefficient (Wildman–Crippen LogP) is 2.55. The summed E-state index contributed by atoms with van der Waals surface area (Å²) in [5.74, 6) is -1.30. The van der Waals surface area contributed by atoms with Gasteiger partial charge in [0.25, 0.3) is 0 Å². The Morgan fingerprint density at radius 1 is 1.41 bits per heavy atom. The summed E-state index contributed by atoms with van der Waals surface area (Å²) in [5.41, 5.74) is 4.97. The second-order valence-corrected chi connectivity index (χ2v) is 5.73. The Morgan fingerprint density at radius 3 is 2.77 bits per heavy atom. The molecule has 0 bridgehead atoms. The zero-order valence-corrected chi connectivity index (χ0v) is 12.4. The average molecular weight is 314 g/mol. The van der Waals surface area contributed by atoms with Crippen LogP contribution in [0, 0.1) is 17.1 Å². The lowest BCUT2D eigenvalue weighted by molar-refractivity contribution is -0.136. The summed E-state index contributed by atoms with van der Waals surface area (Å²) in [4.78, 5) is 12.8. The van der Waals surface area contributed by atoms with Crippen LogP contribution in [-0.2, 0) is 14.9 Å². The summed E-state index contributed by atoms with van der Waals surface area (Å²) in [6, 6.07) is 10.0. The van der Waals surface area contributed by atoms with Gasteiger partial charge in [-0.3, -0.25) is 0 Å². The number of nitrogens with zero attached hydrogens (tertiary/aromatic N) is 1. The summed E-state index contributed by atoms with van der Waals surface area (Å²) in [5, 5.41) is 11.7. The summed E-state index contributed by atoms with van der Waals surface area (Å²) in [6.07, 6.45) is 0. The molecule has 110 valence electrons. The highest BCUT2D eigenvalue weighted by molar-refractivity contribution is 7.10. The highest BCUT2D eigenvalue weighted by Crippen LogP contribution is 2.50. The fourth-order valence-electron chi connectivity index (χ4n) is 2.86. The van der Waals surface area contributed by atoms with E-state index < -0.39 is 17.2 Å². The van der Waals surface area contributed by atoms with Crippen LogP contribution in [0.5, 0.6) is 0 Å². The van der Waals surface area contributed by atoms with Gasteiger partial charge >= 0.3 is 5.97 Å².